The monoisotopic (exact) mass is 341 g/mol. The molecule has 0 spiro atoms. The number of carbonyl (C=O) groups excluding carboxylic acids is 2. The first-order valence-corrected chi connectivity index (χ1v) is 8.83. The lowest BCUT2D eigenvalue weighted by Crippen LogP contribution is -2.52. The Morgan fingerprint density at radius 1 is 1.12 bits per heavy atom. The van der Waals surface area contributed by atoms with Gasteiger partial charge in [-0.3, -0.25) is 9.69 Å². The third-order valence-electron chi connectivity index (χ3n) is 4.81. The minimum Gasteiger partial charge on any atom is -0.361 e. The van der Waals surface area contributed by atoms with Crippen LogP contribution in [-0.2, 0) is 4.79 Å². The lowest BCUT2D eigenvalue weighted by molar-refractivity contribution is -0.122. The second kappa shape index (κ2) is 6.76. The van der Waals surface area contributed by atoms with E-state index in [2.05, 4.69) is 20.5 Å². The largest absolute Gasteiger partial charge is 0.361 e. The number of aromatic amines is 1. The Bertz CT molecular complexity index is 775. The summed E-state index contributed by atoms with van der Waals surface area (Å²) in [5.41, 5.74) is 1.82. The van der Waals surface area contributed by atoms with E-state index in [9.17, 15) is 9.59 Å². The number of aromatic nitrogens is 1. The highest BCUT2D eigenvalue weighted by atomic mass is 16.2. The van der Waals surface area contributed by atoms with Crippen molar-refractivity contribution < 1.29 is 9.59 Å². The fraction of sp³-hybridized carbons (Fsp3) is 0.444. The van der Waals surface area contributed by atoms with Gasteiger partial charge in [-0.2, -0.15) is 0 Å². The van der Waals surface area contributed by atoms with Crippen molar-refractivity contribution >= 4 is 28.5 Å². The topological polar surface area (TPSA) is 80.5 Å². The molecule has 2 aromatic rings. The Labute approximate surface area is 146 Å². The number of rotatable bonds is 4. The van der Waals surface area contributed by atoms with E-state index in [1.54, 1.807) is 4.90 Å². The van der Waals surface area contributed by atoms with E-state index in [1.807, 2.05) is 30.5 Å². The van der Waals surface area contributed by atoms with Gasteiger partial charge >= 0.3 is 6.03 Å². The Balaban J connectivity index is 1.29. The molecule has 0 unspecified atom stereocenters. The molecule has 2 fully saturated rings. The molecule has 0 radical (unpaired) electrons. The average molecular weight is 341 g/mol. The summed E-state index contributed by atoms with van der Waals surface area (Å²) in [4.78, 5) is 31.4. The summed E-state index contributed by atoms with van der Waals surface area (Å²) < 4.78 is 0. The lowest BCUT2D eigenvalue weighted by Gasteiger charge is -2.34. The minimum atomic E-state index is -0.0872. The van der Waals surface area contributed by atoms with E-state index in [0.717, 1.165) is 42.5 Å². The van der Waals surface area contributed by atoms with Crippen LogP contribution in [0.4, 0.5) is 10.5 Å². The predicted octanol–water partition coefficient (Wildman–Crippen LogP) is 1.60. The van der Waals surface area contributed by atoms with Gasteiger partial charge in [0.05, 0.1) is 12.2 Å². The minimum absolute atomic E-state index is 0.0872. The van der Waals surface area contributed by atoms with Gasteiger partial charge in [-0.1, -0.05) is 6.07 Å². The first-order chi connectivity index (χ1) is 12.2. The van der Waals surface area contributed by atoms with Crippen LogP contribution in [0.2, 0.25) is 0 Å². The van der Waals surface area contributed by atoms with Crippen LogP contribution in [0.5, 0.6) is 0 Å². The molecule has 132 valence electrons. The van der Waals surface area contributed by atoms with Crippen molar-refractivity contribution in [3.05, 3.63) is 30.5 Å². The van der Waals surface area contributed by atoms with Crippen molar-refractivity contribution in [3.63, 3.8) is 0 Å². The maximum atomic E-state index is 12.5. The van der Waals surface area contributed by atoms with E-state index in [4.69, 9.17) is 0 Å². The summed E-state index contributed by atoms with van der Waals surface area (Å²) in [6.07, 6.45) is 4.08. The third kappa shape index (κ3) is 3.76. The fourth-order valence-corrected chi connectivity index (χ4v) is 3.20. The zero-order valence-corrected chi connectivity index (χ0v) is 14.1. The van der Waals surface area contributed by atoms with Crippen LogP contribution in [0, 0.1) is 0 Å². The number of benzene rings is 1. The maximum absolute atomic E-state index is 12.5. The molecule has 1 saturated carbocycles. The number of nitrogens with zero attached hydrogens (tertiary/aromatic N) is 2. The van der Waals surface area contributed by atoms with E-state index in [0.29, 0.717) is 25.7 Å². The first kappa shape index (κ1) is 16.0. The molecule has 1 aliphatic heterocycles. The van der Waals surface area contributed by atoms with Crippen LogP contribution in [0.25, 0.3) is 10.9 Å². The molecule has 1 aliphatic carbocycles. The van der Waals surface area contributed by atoms with Crippen molar-refractivity contribution in [2.24, 2.45) is 0 Å². The molecule has 4 rings (SSSR count). The van der Waals surface area contributed by atoms with Crippen molar-refractivity contribution in [2.75, 3.05) is 38.0 Å². The van der Waals surface area contributed by atoms with Gasteiger partial charge in [0.15, 0.2) is 0 Å². The van der Waals surface area contributed by atoms with Crippen molar-refractivity contribution in [2.45, 2.75) is 18.9 Å². The van der Waals surface area contributed by atoms with Gasteiger partial charge in [-0.05, 0) is 31.0 Å². The zero-order chi connectivity index (χ0) is 17.2. The molecule has 1 aromatic heterocycles. The number of amides is 3. The summed E-state index contributed by atoms with van der Waals surface area (Å²) in [6, 6.07) is 8.08. The van der Waals surface area contributed by atoms with Gasteiger partial charge in [-0.25, -0.2) is 4.79 Å². The number of nitrogens with one attached hydrogen (secondary N) is 3. The number of fused-ring (bicyclic) bond motifs is 1. The zero-order valence-electron chi connectivity index (χ0n) is 14.1. The van der Waals surface area contributed by atoms with E-state index in [1.165, 1.54) is 0 Å². The van der Waals surface area contributed by atoms with E-state index in [-0.39, 0.29) is 11.9 Å². The molecular formula is C18H23N5O2. The number of hydrogen-bond donors (Lipinski definition) is 3. The second-order valence-corrected chi connectivity index (χ2v) is 6.78. The first-order valence-electron chi connectivity index (χ1n) is 8.83. The van der Waals surface area contributed by atoms with Crippen LogP contribution in [0.15, 0.2) is 30.5 Å². The van der Waals surface area contributed by atoms with Crippen LogP contribution in [-0.4, -0.2) is 65.5 Å². The van der Waals surface area contributed by atoms with E-state index < -0.39 is 0 Å². The standard InChI is InChI=1S/C18H23N5O2/c24-17(20-13-4-5-13)12-22-8-10-23(11-9-22)18(25)21-16-3-1-2-15-14(16)6-7-19-15/h1-3,6-7,13,19H,4-5,8-12H2,(H,20,24)(H,21,25). The van der Waals surface area contributed by atoms with Crippen LogP contribution in [0.1, 0.15) is 12.8 Å². The summed E-state index contributed by atoms with van der Waals surface area (Å²) in [7, 11) is 0. The number of carbonyl (C=O) groups is 2. The summed E-state index contributed by atoms with van der Waals surface area (Å²) in [5.74, 6) is 0.0968. The Morgan fingerprint density at radius 3 is 2.68 bits per heavy atom. The summed E-state index contributed by atoms with van der Waals surface area (Å²) in [5, 5.41) is 7.01. The molecule has 0 atom stereocenters. The van der Waals surface area contributed by atoms with Crippen molar-refractivity contribution in [3.8, 4) is 0 Å². The van der Waals surface area contributed by atoms with Crippen LogP contribution < -0.4 is 10.6 Å². The predicted molar refractivity (Wildman–Crippen MR) is 96.5 cm³/mol. The number of H-pyrrole nitrogens is 1. The molecule has 2 heterocycles. The lowest BCUT2D eigenvalue weighted by atomic mass is 10.2. The quantitative estimate of drug-likeness (QED) is 0.790. The third-order valence-corrected chi connectivity index (χ3v) is 4.81. The molecule has 1 saturated heterocycles. The van der Waals surface area contributed by atoms with Crippen molar-refractivity contribution in [1.29, 1.82) is 0 Å². The average Bonchev–Trinajstić information content (AvgIpc) is 3.28. The normalized spacial score (nSPS) is 18.3. The molecule has 3 N–H and O–H groups in total. The smallest absolute Gasteiger partial charge is 0.321 e. The number of hydrogen-bond acceptors (Lipinski definition) is 3. The van der Waals surface area contributed by atoms with Gasteiger partial charge in [0.2, 0.25) is 5.91 Å². The Kier molecular flexibility index (Phi) is 4.31. The van der Waals surface area contributed by atoms with Crippen LogP contribution in [0.3, 0.4) is 0 Å². The molecule has 3 amide bonds. The summed E-state index contributed by atoms with van der Waals surface area (Å²) >= 11 is 0. The van der Waals surface area contributed by atoms with Gasteiger partial charge in [-0.15, -0.1) is 0 Å². The molecule has 0 bridgehead atoms. The van der Waals surface area contributed by atoms with Gasteiger partial charge in [0.25, 0.3) is 0 Å². The molecule has 7 nitrogen and oxygen atoms in total. The Morgan fingerprint density at radius 2 is 1.92 bits per heavy atom. The van der Waals surface area contributed by atoms with Gasteiger partial charge < -0.3 is 20.5 Å². The summed E-state index contributed by atoms with van der Waals surface area (Å²) in [6.45, 7) is 3.13. The second-order valence-electron chi connectivity index (χ2n) is 6.78. The van der Waals surface area contributed by atoms with Crippen molar-refractivity contribution in [1.82, 2.24) is 20.1 Å². The maximum Gasteiger partial charge on any atom is 0.321 e. The van der Waals surface area contributed by atoms with E-state index >= 15 is 0 Å². The highest BCUT2D eigenvalue weighted by molar-refractivity contribution is 6.00. The van der Waals surface area contributed by atoms with Gasteiger partial charge in [0.1, 0.15) is 0 Å². The van der Waals surface area contributed by atoms with Gasteiger partial charge in [0, 0.05) is 49.3 Å². The number of urea groups is 1. The Hall–Kier alpha value is -2.54. The fourth-order valence-electron chi connectivity index (χ4n) is 3.20. The molecule has 7 heteroatoms. The molecule has 2 aliphatic rings. The van der Waals surface area contributed by atoms with Crippen LogP contribution >= 0.6 is 0 Å². The number of anilines is 1. The highest BCUT2D eigenvalue weighted by Crippen LogP contribution is 2.22. The molecule has 25 heavy (non-hydrogen) atoms. The SMILES string of the molecule is O=C(CN1CCN(C(=O)Nc2cccc3[nH]ccc23)CC1)NC1CC1. The molecule has 1 aromatic carbocycles. The number of piperazine rings is 1. The molecular weight excluding hydrogens is 318 g/mol. The highest BCUT2D eigenvalue weighted by Gasteiger charge is 2.26.